The van der Waals surface area contributed by atoms with Crippen molar-refractivity contribution >= 4 is 29.0 Å². The van der Waals surface area contributed by atoms with E-state index >= 15 is 0 Å². The van der Waals surface area contributed by atoms with E-state index in [0.29, 0.717) is 11.1 Å². The highest BCUT2D eigenvalue weighted by Gasteiger charge is 2.38. The van der Waals surface area contributed by atoms with Gasteiger partial charge in [-0.3, -0.25) is 0 Å². The van der Waals surface area contributed by atoms with Gasteiger partial charge >= 0.3 is 12.2 Å². The van der Waals surface area contributed by atoms with Crippen LogP contribution in [0.3, 0.4) is 0 Å². The lowest BCUT2D eigenvalue weighted by Gasteiger charge is -2.27. The summed E-state index contributed by atoms with van der Waals surface area (Å²) in [5, 5.41) is 0.820. The van der Waals surface area contributed by atoms with Crippen LogP contribution in [0.4, 0.5) is 15.5 Å². The first-order chi connectivity index (χ1) is 17.2. The molecule has 38 heavy (non-hydrogen) atoms. The van der Waals surface area contributed by atoms with E-state index < -0.39 is 23.4 Å². The molecule has 0 aliphatic carbocycles. The van der Waals surface area contributed by atoms with Crippen LogP contribution in [0, 0.1) is 0 Å². The van der Waals surface area contributed by atoms with Crippen LogP contribution >= 0.6 is 0 Å². The molecule has 0 bridgehead atoms. The summed E-state index contributed by atoms with van der Waals surface area (Å²) in [6.07, 6.45) is -1.73. The van der Waals surface area contributed by atoms with Crippen molar-refractivity contribution in [3.8, 4) is 11.1 Å². The molecule has 6 heteroatoms. The second-order valence-electron chi connectivity index (χ2n) is 13.8. The lowest BCUT2D eigenvalue weighted by atomic mass is 9.79. The molecule has 0 atom stereocenters. The first-order valence-electron chi connectivity index (χ1n) is 13.1. The predicted octanol–water partition coefficient (Wildman–Crippen LogP) is 9.37. The minimum Gasteiger partial charge on any atom is -0.443 e. The van der Waals surface area contributed by atoms with Crippen LogP contribution in [0.1, 0.15) is 94.2 Å². The van der Waals surface area contributed by atoms with E-state index in [4.69, 9.17) is 13.9 Å². The van der Waals surface area contributed by atoms with Gasteiger partial charge in [0.1, 0.15) is 16.8 Å². The monoisotopic (exact) mass is 521 g/mol. The maximum Gasteiger partial charge on any atom is 0.427 e. The van der Waals surface area contributed by atoms with E-state index in [1.54, 1.807) is 41.5 Å². The van der Waals surface area contributed by atoms with Crippen molar-refractivity contribution in [2.45, 2.75) is 105 Å². The van der Waals surface area contributed by atoms with E-state index in [1.807, 2.05) is 30.3 Å². The molecule has 3 rings (SSSR count). The molecular weight excluding hydrogens is 478 g/mol. The van der Waals surface area contributed by atoms with E-state index in [2.05, 4.69) is 53.7 Å². The molecule has 0 unspecified atom stereocenters. The lowest BCUT2D eigenvalue weighted by Crippen LogP contribution is -2.43. The normalized spacial score (nSPS) is 12.9. The number of carbonyl (C=O) groups is 2. The van der Waals surface area contributed by atoms with Gasteiger partial charge in [0.15, 0.2) is 0 Å². The van der Waals surface area contributed by atoms with Gasteiger partial charge < -0.3 is 13.9 Å². The van der Waals surface area contributed by atoms with Crippen molar-refractivity contribution in [1.82, 2.24) is 0 Å². The summed E-state index contributed by atoms with van der Waals surface area (Å²) in [6.45, 7) is 23.4. The predicted molar refractivity (Wildman–Crippen MR) is 154 cm³/mol. The van der Waals surface area contributed by atoms with Gasteiger partial charge in [-0.15, -0.1) is 4.90 Å². The molecular formula is C32H43NO5. The topological polar surface area (TPSA) is 69.0 Å². The molecule has 0 radical (unpaired) electrons. The van der Waals surface area contributed by atoms with E-state index in [-0.39, 0.29) is 16.7 Å². The molecule has 0 saturated carbocycles. The van der Waals surface area contributed by atoms with E-state index in [1.165, 1.54) is 0 Å². The number of imide groups is 1. The third-order valence-electron chi connectivity index (χ3n) is 5.86. The summed E-state index contributed by atoms with van der Waals surface area (Å²) in [6, 6.07) is 13.9. The molecule has 0 aliphatic heterocycles. The fraction of sp³-hybridized carbons (Fsp3) is 0.500. The molecule has 0 N–H and O–H groups in total. The van der Waals surface area contributed by atoms with Crippen LogP contribution in [-0.2, 0) is 20.3 Å². The Hall–Kier alpha value is -3.28. The fourth-order valence-electron chi connectivity index (χ4n) is 4.07. The highest BCUT2D eigenvalue weighted by molar-refractivity contribution is 6.15. The average molecular weight is 522 g/mol. The van der Waals surface area contributed by atoms with Gasteiger partial charge in [-0.2, -0.15) is 0 Å². The van der Waals surface area contributed by atoms with E-state index in [9.17, 15) is 9.59 Å². The number of anilines is 1. The van der Waals surface area contributed by atoms with E-state index in [0.717, 1.165) is 27.0 Å². The summed E-state index contributed by atoms with van der Waals surface area (Å²) in [5.74, 6) is 0.0752. The standard InChI is InChI=1S/C32H43NO5/c1-29(2,3)21-18-22-24(20-16-14-13-15-17-20)26(36-25(22)23(19-21)30(4,5)6)33(27(34)37-31(7,8)9)28(35)38-32(10,11)12/h13-19H,1-12H3. The van der Waals surface area contributed by atoms with Crippen LogP contribution in [-0.4, -0.2) is 23.4 Å². The Bertz CT molecular complexity index is 1300. The summed E-state index contributed by atoms with van der Waals surface area (Å²) in [4.78, 5) is 28.1. The van der Waals surface area contributed by atoms with Gasteiger partial charge in [0.25, 0.3) is 0 Å². The summed E-state index contributed by atoms with van der Waals surface area (Å²) in [5.41, 5.74) is 2.08. The molecule has 1 aromatic heterocycles. The average Bonchev–Trinajstić information content (AvgIpc) is 3.08. The van der Waals surface area contributed by atoms with Crippen molar-refractivity contribution in [2.24, 2.45) is 0 Å². The van der Waals surface area contributed by atoms with Crippen LogP contribution in [0.15, 0.2) is 46.9 Å². The second kappa shape index (κ2) is 9.79. The number of ether oxygens (including phenoxy) is 2. The van der Waals surface area contributed by atoms with Crippen molar-refractivity contribution < 1.29 is 23.5 Å². The number of carbonyl (C=O) groups excluding carboxylic acids is 2. The third-order valence-corrected chi connectivity index (χ3v) is 5.86. The summed E-state index contributed by atoms with van der Waals surface area (Å²) in [7, 11) is 0. The second-order valence-corrected chi connectivity index (χ2v) is 13.8. The number of amides is 2. The minimum atomic E-state index is -0.864. The number of nitrogens with zero attached hydrogens (tertiary/aromatic N) is 1. The number of hydrogen-bond donors (Lipinski definition) is 0. The van der Waals surface area contributed by atoms with Gasteiger partial charge in [0.05, 0.1) is 5.56 Å². The zero-order valence-electron chi connectivity index (χ0n) is 25.0. The maximum atomic E-state index is 13.6. The van der Waals surface area contributed by atoms with Crippen LogP contribution in [0.5, 0.6) is 0 Å². The van der Waals surface area contributed by atoms with Crippen molar-refractivity contribution in [2.75, 3.05) is 4.90 Å². The largest absolute Gasteiger partial charge is 0.443 e. The minimum absolute atomic E-state index is 0.0752. The SMILES string of the molecule is CC(C)(C)OC(=O)N(C(=O)OC(C)(C)C)c1oc2c(C(C)(C)C)cc(C(C)(C)C)cc2c1-c1ccccc1. The van der Waals surface area contributed by atoms with Crippen molar-refractivity contribution in [3.05, 3.63) is 53.6 Å². The zero-order chi connectivity index (χ0) is 28.8. The van der Waals surface area contributed by atoms with Gasteiger partial charge in [-0.1, -0.05) is 77.9 Å². The van der Waals surface area contributed by atoms with Crippen LogP contribution in [0.25, 0.3) is 22.1 Å². The number of furan rings is 1. The van der Waals surface area contributed by atoms with Gasteiger partial charge in [-0.05, 0) is 69.6 Å². The van der Waals surface area contributed by atoms with Gasteiger partial charge in [0.2, 0.25) is 5.88 Å². The number of rotatable bonds is 2. The first kappa shape index (κ1) is 29.3. The fourth-order valence-corrected chi connectivity index (χ4v) is 4.07. The molecule has 0 fully saturated rings. The first-order valence-corrected chi connectivity index (χ1v) is 13.1. The third kappa shape index (κ3) is 6.58. The Morgan fingerprint density at radius 3 is 1.63 bits per heavy atom. The smallest absolute Gasteiger partial charge is 0.427 e. The quantitative estimate of drug-likeness (QED) is 0.336. The molecule has 1 heterocycles. The number of fused-ring (bicyclic) bond motifs is 1. The Morgan fingerprint density at radius 2 is 1.21 bits per heavy atom. The molecule has 2 amide bonds. The summed E-state index contributed by atoms with van der Waals surface area (Å²) < 4.78 is 17.9. The number of hydrogen-bond acceptors (Lipinski definition) is 5. The molecule has 0 saturated heterocycles. The van der Waals surface area contributed by atoms with Crippen molar-refractivity contribution in [1.29, 1.82) is 0 Å². The molecule has 0 spiro atoms. The van der Waals surface area contributed by atoms with Crippen LogP contribution in [0.2, 0.25) is 0 Å². The highest BCUT2D eigenvalue weighted by atomic mass is 16.6. The summed E-state index contributed by atoms with van der Waals surface area (Å²) >= 11 is 0. The Balaban J connectivity index is 2.48. The molecule has 206 valence electrons. The van der Waals surface area contributed by atoms with Gasteiger partial charge in [-0.25, -0.2) is 9.59 Å². The lowest BCUT2D eigenvalue weighted by molar-refractivity contribution is 0.0423. The zero-order valence-corrected chi connectivity index (χ0v) is 25.0. The maximum absolute atomic E-state index is 13.6. The molecule has 6 nitrogen and oxygen atoms in total. The van der Waals surface area contributed by atoms with Crippen LogP contribution < -0.4 is 4.90 Å². The highest BCUT2D eigenvalue weighted by Crippen LogP contribution is 2.46. The Labute approximate surface area is 227 Å². The molecule has 3 aromatic rings. The van der Waals surface area contributed by atoms with Gasteiger partial charge in [0, 0.05) is 10.9 Å². The number of benzene rings is 2. The van der Waals surface area contributed by atoms with Crippen molar-refractivity contribution in [3.63, 3.8) is 0 Å². The Kier molecular flexibility index (Phi) is 7.54. The molecule has 2 aromatic carbocycles. The Morgan fingerprint density at radius 1 is 0.711 bits per heavy atom. The molecule has 0 aliphatic rings.